The number of hydrogen-bond donors (Lipinski definition) is 0. The summed E-state index contributed by atoms with van der Waals surface area (Å²) >= 11 is 18.6. The quantitative estimate of drug-likeness (QED) is 0.302. The number of halogens is 3. The molecule has 0 unspecified atom stereocenters. The van der Waals surface area contributed by atoms with Crippen LogP contribution in [0.4, 0.5) is 0 Å². The Kier molecular flexibility index (Phi) is 7.99. The summed E-state index contributed by atoms with van der Waals surface area (Å²) < 4.78 is 1.95. The van der Waals surface area contributed by atoms with Crippen LogP contribution >= 0.6 is 34.8 Å². The van der Waals surface area contributed by atoms with Crippen molar-refractivity contribution < 1.29 is 0 Å². The Balaban J connectivity index is 1.74. The molecule has 1 aliphatic carbocycles. The third kappa shape index (κ3) is 6.14. The van der Waals surface area contributed by atoms with Crippen molar-refractivity contribution in [2.75, 3.05) is 0 Å². The molecule has 0 bridgehead atoms. The number of benzene rings is 2. The smallest absolute Gasteiger partial charge is 0.179 e. The molecule has 0 saturated heterocycles. The van der Waals surface area contributed by atoms with Crippen molar-refractivity contribution in [2.45, 2.75) is 64.5 Å². The largest absolute Gasteiger partial charge is 0.278 e. The summed E-state index contributed by atoms with van der Waals surface area (Å²) in [5.41, 5.74) is 1.27. The SMILES string of the molecule is CC(C)(C)[C@H](/C=C/c1ccc(Cl)cc1Cl)n1nnnc1C1(N=Cc2ccc(Cl)cc2)CCCCC1. The van der Waals surface area contributed by atoms with Crippen LogP contribution in [0, 0.1) is 5.41 Å². The molecule has 8 heteroatoms. The predicted octanol–water partition coefficient (Wildman–Crippen LogP) is 8.21. The first-order chi connectivity index (χ1) is 16.7. The van der Waals surface area contributed by atoms with Crippen LogP contribution < -0.4 is 0 Å². The zero-order chi connectivity index (χ0) is 25.1. The van der Waals surface area contributed by atoms with E-state index in [1.54, 1.807) is 6.07 Å². The lowest BCUT2D eigenvalue weighted by atomic mass is 9.80. The first-order valence-electron chi connectivity index (χ1n) is 11.9. The van der Waals surface area contributed by atoms with Crippen molar-refractivity contribution in [1.29, 1.82) is 0 Å². The lowest BCUT2D eigenvalue weighted by Crippen LogP contribution is -2.35. The number of rotatable bonds is 6. The van der Waals surface area contributed by atoms with E-state index in [0.29, 0.717) is 15.1 Å². The second-order valence-electron chi connectivity index (χ2n) is 10.2. The Labute approximate surface area is 222 Å². The molecule has 35 heavy (non-hydrogen) atoms. The third-order valence-corrected chi connectivity index (χ3v) is 7.31. The molecule has 1 atom stereocenters. The number of aromatic nitrogens is 4. The van der Waals surface area contributed by atoms with Crippen molar-refractivity contribution in [3.63, 3.8) is 0 Å². The van der Waals surface area contributed by atoms with Crippen LogP contribution in [0.1, 0.15) is 75.9 Å². The normalized spacial score (nSPS) is 17.3. The number of aliphatic imine (C=N–C) groups is 1. The van der Waals surface area contributed by atoms with Gasteiger partial charge in [-0.2, -0.15) is 0 Å². The fourth-order valence-corrected chi connectivity index (χ4v) is 5.15. The highest BCUT2D eigenvalue weighted by Crippen LogP contribution is 2.42. The Morgan fingerprint density at radius 2 is 1.66 bits per heavy atom. The molecule has 4 rings (SSSR count). The maximum atomic E-state index is 6.43. The van der Waals surface area contributed by atoms with Crippen molar-refractivity contribution in [3.05, 3.63) is 80.6 Å². The molecule has 3 aromatic rings. The minimum absolute atomic E-state index is 0.108. The molecule has 184 valence electrons. The monoisotopic (exact) mass is 529 g/mol. The Morgan fingerprint density at radius 3 is 2.31 bits per heavy atom. The molecular weight excluding hydrogens is 501 g/mol. The van der Waals surface area contributed by atoms with Crippen LogP contribution in [0.2, 0.25) is 15.1 Å². The number of tetrazole rings is 1. The summed E-state index contributed by atoms with van der Waals surface area (Å²) in [4.78, 5) is 5.13. The first kappa shape index (κ1) is 25.9. The van der Waals surface area contributed by atoms with Crippen LogP contribution in [-0.2, 0) is 5.54 Å². The minimum atomic E-state index is -0.476. The van der Waals surface area contributed by atoms with Gasteiger partial charge in [0.2, 0.25) is 0 Å². The average molecular weight is 531 g/mol. The second kappa shape index (κ2) is 10.8. The molecule has 0 amide bonds. The zero-order valence-corrected chi connectivity index (χ0v) is 22.5. The van der Waals surface area contributed by atoms with Crippen LogP contribution in [0.25, 0.3) is 6.08 Å². The van der Waals surface area contributed by atoms with Gasteiger partial charge in [0.05, 0.1) is 6.04 Å². The predicted molar refractivity (Wildman–Crippen MR) is 146 cm³/mol. The van der Waals surface area contributed by atoms with Gasteiger partial charge >= 0.3 is 0 Å². The second-order valence-corrected chi connectivity index (χ2v) is 11.5. The van der Waals surface area contributed by atoms with Gasteiger partial charge in [0.15, 0.2) is 5.82 Å². The molecule has 0 N–H and O–H groups in total. The van der Waals surface area contributed by atoms with Crippen molar-refractivity contribution >= 4 is 47.1 Å². The molecule has 0 aliphatic heterocycles. The van der Waals surface area contributed by atoms with E-state index >= 15 is 0 Å². The van der Waals surface area contributed by atoms with Crippen molar-refractivity contribution in [3.8, 4) is 0 Å². The standard InChI is InChI=1S/C27H30Cl3N5/c1-26(2,3)24(14-10-20-9-13-22(29)17-23(20)30)35-25(32-33-34-35)27(15-5-4-6-16-27)31-18-19-7-11-21(28)12-8-19/h7-14,17-18,24H,4-6,15-16H2,1-3H3/b14-10+,31-18?/t24-/m0/s1. The van der Waals surface area contributed by atoms with Gasteiger partial charge in [0.25, 0.3) is 0 Å². The Bertz CT molecular complexity index is 1200. The van der Waals surface area contributed by atoms with Crippen molar-refractivity contribution in [1.82, 2.24) is 20.2 Å². The molecule has 1 fully saturated rings. The van der Waals surface area contributed by atoms with Crippen LogP contribution in [0.15, 0.2) is 53.5 Å². The van der Waals surface area contributed by atoms with Crippen LogP contribution in [-0.4, -0.2) is 26.4 Å². The van der Waals surface area contributed by atoms with E-state index in [2.05, 4.69) is 42.4 Å². The van der Waals surface area contributed by atoms with Gasteiger partial charge in [-0.3, -0.25) is 4.99 Å². The van der Waals surface area contributed by atoms with Gasteiger partial charge in [0, 0.05) is 21.3 Å². The van der Waals surface area contributed by atoms with E-state index in [4.69, 9.17) is 39.8 Å². The fourth-order valence-electron chi connectivity index (χ4n) is 4.55. The summed E-state index contributed by atoms with van der Waals surface area (Å²) in [6.45, 7) is 6.55. The fraction of sp³-hybridized carbons (Fsp3) is 0.407. The summed E-state index contributed by atoms with van der Waals surface area (Å²) in [5.74, 6) is 0.800. The van der Waals surface area contributed by atoms with E-state index in [1.807, 2.05) is 53.4 Å². The summed E-state index contributed by atoms with van der Waals surface area (Å²) in [6, 6.07) is 13.1. The number of hydrogen-bond acceptors (Lipinski definition) is 4. The van der Waals surface area contributed by atoms with Gasteiger partial charge in [0.1, 0.15) is 5.54 Å². The van der Waals surface area contributed by atoms with Gasteiger partial charge in [-0.15, -0.1) is 5.10 Å². The first-order valence-corrected chi connectivity index (χ1v) is 13.0. The molecule has 1 aromatic heterocycles. The third-order valence-electron chi connectivity index (χ3n) is 6.49. The molecule has 0 radical (unpaired) electrons. The molecule has 1 heterocycles. The van der Waals surface area contributed by atoms with E-state index in [9.17, 15) is 0 Å². The molecule has 0 spiro atoms. The van der Waals surface area contributed by atoms with E-state index in [-0.39, 0.29) is 11.5 Å². The van der Waals surface area contributed by atoms with Crippen molar-refractivity contribution in [2.24, 2.45) is 10.4 Å². The van der Waals surface area contributed by atoms with Crippen LogP contribution in [0.3, 0.4) is 0 Å². The van der Waals surface area contributed by atoms with Gasteiger partial charge in [-0.25, -0.2) is 4.68 Å². The maximum Gasteiger partial charge on any atom is 0.179 e. The highest BCUT2D eigenvalue weighted by Gasteiger charge is 2.41. The van der Waals surface area contributed by atoms with E-state index < -0.39 is 5.54 Å². The summed E-state index contributed by atoms with van der Waals surface area (Å²) in [6.07, 6.45) is 11.2. The zero-order valence-electron chi connectivity index (χ0n) is 20.3. The molecular formula is C27H30Cl3N5. The minimum Gasteiger partial charge on any atom is -0.278 e. The lowest BCUT2D eigenvalue weighted by molar-refractivity contribution is 0.228. The number of allylic oxidation sites excluding steroid dienone is 1. The van der Waals surface area contributed by atoms with Gasteiger partial charge in [-0.05, 0) is 64.1 Å². The highest BCUT2D eigenvalue weighted by molar-refractivity contribution is 6.35. The lowest BCUT2D eigenvalue weighted by Gasteiger charge is -2.35. The Hall–Kier alpha value is -2.21. The van der Waals surface area contributed by atoms with Crippen LogP contribution in [0.5, 0.6) is 0 Å². The maximum absolute atomic E-state index is 6.43. The van der Waals surface area contributed by atoms with E-state index in [1.165, 1.54) is 6.42 Å². The molecule has 5 nitrogen and oxygen atoms in total. The number of nitrogens with zero attached hydrogens (tertiary/aromatic N) is 5. The van der Waals surface area contributed by atoms with E-state index in [0.717, 1.165) is 42.6 Å². The average Bonchev–Trinajstić information content (AvgIpc) is 3.30. The molecule has 1 saturated carbocycles. The molecule has 2 aromatic carbocycles. The van der Waals surface area contributed by atoms with Gasteiger partial charge in [-0.1, -0.05) is 105 Å². The topological polar surface area (TPSA) is 56.0 Å². The summed E-state index contributed by atoms with van der Waals surface area (Å²) in [7, 11) is 0. The van der Waals surface area contributed by atoms with Gasteiger partial charge < -0.3 is 0 Å². The highest BCUT2D eigenvalue weighted by atomic mass is 35.5. The summed E-state index contributed by atoms with van der Waals surface area (Å²) in [5, 5.41) is 15.1. The Morgan fingerprint density at radius 1 is 0.971 bits per heavy atom. The molecule has 1 aliphatic rings.